The third kappa shape index (κ3) is 4.11. The number of hydrogen-bond acceptors (Lipinski definition) is 3. The normalized spacial score (nSPS) is 11.4. The van der Waals surface area contributed by atoms with E-state index in [1.54, 1.807) is 7.11 Å². The van der Waals surface area contributed by atoms with E-state index in [-0.39, 0.29) is 18.5 Å². The van der Waals surface area contributed by atoms with Crippen molar-refractivity contribution in [3.05, 3.63) is 29.8 Å². The van der Waals surface area contributed by atoms with Crippen molar-refractivity contribution >= 4 is 5.91 Å². The van der Waals surface area contributed by atoms with E-state index in [0.717, 1.165) is 11.3 Å². The second kappa shape index (κ2) is 7.36. The van der Waals surface area contributed by atoms with Crippen molar-refractivity contribution in [1.82, 2.24) is 10.6 Å². The summed E-state index contributed by atoms with van der Waals surface area (Å²) in [4.78, 5) is 11.6. The fourth-order valence-electron chi connectivity index (χ4n) is 1.64. The van der Waals surface area contributed by atoms with Crippen molar-refractivity contribution in [1.29, 1.82) is 0 Å². The molecule has 2 N–H and O–H groups in total. The Bertz CT molecular complexity index is 438. The molecule has 1 aromatic carbocycles. The average molecular weight is 246 g/mol. The number of benzene rings is 1. The minimum absolute atomic E-state index is 0.0938. The van der Waals surface area contributed by atoms with Crippen molar-refractivity contribution in [2.75, 3.05) is 20.2 Å². The first-order valence-electron chi connectivity index (χ1n) is 5.75. The van der Waals surface area contributed by atoms with Crippen molar-refractivity contribution in [3.63, 3.8) is 0 Å². The summed E-state index contributed by atoms with van der Waals surface area (Å²) >= 11 is 0. The van der Waals surface area contributed by atoms with Crippen LogP contribution in [-0.4, -0.2) is 26.1 Å². The van der Waals surface area contributed by atoms with E-state index in [2.05, 4.69) is 16.6 Å². The molecule has 0 aliphatic heterocycles. The van der Waals surface area contributed by atoms with Crippen molar-refractivity contribution in [2.24, 2.45) is 0 Å². The van der Waals surface area contributed by atoms with Gasteiger partial charge in [-0.25, -0.2) is 0 Å². The van der Waals surface area contributed by atoms with E-state index in [4.69, 9.17) is 11.2 Å². The third-order valence-corrected chi connectivity index (χ3v) is 2.50. The second-order valence-corrected chi connectivity index (χ2v) is 3.84. The first kappa shape index (κ1) is 14.1. The highest BCUT2D eigenvalue weighted by Crippen LogP contribution is 2.23. The van der Waals surface area contributed by atoms with Gasteiger partial charge in [0.1, 0.15) is 5.75 Å². The maximum absolute atomic E-state index is 11.6. The molecule has 1 rings (SSSR count). The zero-order valence-electron chi connectivity index (χ0n) is 10.7. The lowest BCUT2D eigenvalue weighted by Gasteiger charge is -2.17. The minimum atomic E-state index is -0.110. The molecule has 0 spiro atoms. The number of ether oxygens (including phenoxy) is 1. The van der Waals surface area contributed by atoms with Gasteiger partial charge in [-0.05, 0) is 13.0 Å². The molecule has 0 heterocycles. The van der Waals surface area contributed by atoms with Gasteiger partial charge in [-0.2, -0.15) is 0 Å². The quantitative estimate of drug-likeness (QED) is 0.583. The SMILES string of the molecule is C#CCNCC(=O)NC(C)c1ccccc1OC. The highest BCUT2D eigenvalue weighted by molar-refractivity contribution is 5.78. The molecule has 0 aromatic heterocycles. The first-order valence-corrected chi connectivity index (χ1v) is 5.75. The lowest BCUT2D eigenvalue weighted by Crippen LogP contribution is -2.35. The number of rotatable bonds is 6. The van der Waals surface area contributed by atoms with E-state index in [1.807, 2.05) is 31.2 Å². The van der Waals surface area contributed by atoms with Crippen molar-refractivity contribution < 1.29 is 9.53 Å². The van der Waals surface area contributed by atoms with Gasteiger partial charge < -0.3 is 10.1 Å². The molecule has 0 aliphatic carbocycles. The van der Waals surface area contributed by atoms with Crippen LogP contribution in [0.4, 0.5) is 0 Å². The molecule has 1 amide bonds. The molecule has 0 fully saturated rings. The Morgan fingerprint density at radius 3 is 2.89 bits per heavy atom. The number of hydrogen-bond donors (Lipinski definition) is 2. The summed E-state index contributed by atoms with van der Waals surface area (Å²) in [5.41, 5.74) is 0.949. The zero-order valence-corrected chi connectivity index (χ0v) is 10.7. The van der Waals surface area contributed by atoms with E-state index >= 15 is 0 Å². The highest BCUT2D eigenvalue weighted by atomic mass is 16.5. The topological polar surface area (TPSA) is 50.4 Å². The molecule has 4 nitrogen and oxygen atoms in total. The van der Waals surface area contributed by atoms with Crippen LogP contribution in [0.2, 0.25) is 0 Å². The van der Waals surface area contributed by atoms with Gasteiger partial charge in [0.2, 0.25) is 5.91 Å². The molecule has 4 heteroatoms. The summed E-state index contributed by atoms with van der Waals surface area (Å²) in [6.07, 6.45) is 5.08. The average Bonchev–Trinajstić information content (AvgIpc) is 2.39. The molecular formula is C14H18N2O2. The Kier molecular flexibility index (Phi) is 5.75. The van der Waals surface area contributed by atoms with Crippen LogP contribution >= 0.6 is 0 Å². The number of amides is 1. The van der Waals surface area contributed by atoms with Gasteiger partial charge >= 0.3 is 0 Å². The Hall–Kier alpha value is -1.99. The summed E-state index contributed by atoms with van der Waals surface area (Å²) in [5.74, 6) is 3.09. The molecule has 0 saturated heterocycles. The van der Waals surface area contributed by atoms with Gasteiger partial charge in [0.15, 0.2) is 0 Å². The molecule has 96 valence electrons. The Labute approximate surface area is 108 Å². The predicted octanol–water partition coefficient (Wildman–Crippen LogP) is 1.10. The number of terminal acetylenes is 1. The molecule has 1 aromatic rings. The van der Waals surface area contributed by atoms with Crippen LogP contribution in [0.3, 0.4) is 0 Å². The highest BCUT2D eigenvalue weighted by Gasteiger charge is 2.12. The lowest BCUT2D eigenvalue weighted by molar-refractivity contribution is -0.120. The van der Waals surface area contributed by atoms with Crippen molar-refractivity contribution in [3.8, 4) is 18.1 Å². The number of methoxy groups -OCH3 is 1. The van der Waals surface area contributed by atoms with Gasteiger partial charge in [0, 0.05) is 5.56 Å². The second-order valence-electron chi connectivity index (χ2n) is 3.84. The van der Waals surface area contributed by atoms with Gasteiger partial charge in [-0.3, -0.25) is 10.1 Å². The molecule has 0 aliphatic rings. The summed E-state index contributed by atoms with van der Waals surface area (Å²) in [7, 11) is 1.61. The fraction of sp³-hybridized carbons (Fsp3) is 0.357. The summed E-state index contributed by atoms with van der Waals surface area (Å²) < 4.78 is 5.25. The third-order valence-electron chi connectivity index (χ3n) is 2.50. The number of carbonyl (C=O) groups excluding carboxylic acids is 1. The lowest BCUT2D eigenvalue weighted by atomic mass is 10.1. The van der Waals surface area contributed by atoms with Crippen LogP contribution in [0.1, 0.15) is 18.5 Å². The van der Waals surface area contributed by atoms with E-state index in [0.29, 0.717) is 6.54 Å². The monoisotopic (exact) mass is 246 g/mol. The van der Waals surface area contributed by atoms with Gasteiger partial charge in [-0.15, -0.1) is 6.42 Å². The van der Waals surface area contributed by atoms with E-state index in [9.17, 15) is 4.79 Å². The van der Waals surface area contributed by atoms with Crippen LogP contribution in [-0.2, 0) is 4.79 Å². The fourth-order valence-corrected chi connectivity index (χ4v) is 1.64. The van der Waals surface area contributed by atoms with E-state index in [1.165, 1.54) is 0 Å². The van der Waals surface area contributed by atoms with Crippen LogP contribution < -0.4 is 15.4 Å². The number of nitrogens with one attached hydrogen (secondary N) is 2. The molecular weight excluding hydrogens is 228 g/mol. The van der Waals surface area contributed by atoms with Crippen LogP contribution in [0.25, 0.3) is 0 Å². The Morgan fingerprint density at radius 1 is 1.50 bits per heavy atom. The molecule has 0 saturated carbocycles. The Morgan fingerprint density at radius 2 is 2.22 bits per heavy atom. The molecule has 18 heavy (non-hydrogen) atoms. The van der Waals surface area contributed by atoms with Crippen molar-refractivity contribution in [2.45, 2.75) is 13.0 Å². The van der Waals surface area contributed by atoms with Crippen LogP contribution in [0.5, 0.6) is 5.75 Å². The molecule has 1 atom stereocenters. The molecule has 0 bridgehead atoms. The maximum atomic E-state index is 11.6. The largest absolute Gasteiger partial charge is 0.496 e. The number of para-hydroxylation sites is 1. The smallest absolute Gasteiger partial charge is 0.234 e. The minimum Gasteiger partial charge on any atom is -0.496 e. The van der Waals surface area contributed by atoms with E-state index < -0.39 is 0 Å². The summed E-state index contributed by atoms with van der Waals surface area (Å²) in [6, 6.07) is 7.50. The van der Waals surface area contributed by atoms with Crippen LogP contribution in [0, 0.1) is 12.3 Å². The van der Waals surface area contributed by atoms with Gasteiger partial charge in [0.25, 0.3) is 0 Å². The zero-order chi connectivity index (χ0) is 13.4. The number of carbonyl (C=O) groups is 1. The first-order chi connectivity index (χ1) is 8.69. The summed E-state index contributed by atoms with van der Waals surface area (Å²) in [5, 5.41) is 5.72. The standard InChI is InChI=1S/C14H18N2O2/c1-4-9-15-10-14(17)16-11(2)12-7-5-6-8-13(12)18-3/h1,5-8,11,15H,9-10H2,2-3H3,(H,16,17). The van der Waals surface area contributed by atoms with Gasteiger partial charge in [0.05, 0.1) is 26.2 Å². The summed E-state index contributed by atoms with van der Waals surface area (Å²) in [6.45, 7) is 2.51. The predicted molar refractivity (Wildman–Crippen MR) is 71.3 cm³/mol. The van der Waals surface area contributed by atoms with Gasteiger partial charge in [-0.1, -0.05) is 24.1 Å². The van der Waals surface area contributed by atoms with Crippen LogP contribution in [0.15, 0.2) is 24.3 Å². The maximum Gasteiger partial charge on any atom is 0.234 e. The molecule has 0 radical (unpaired) electrons. The Balaban J connectivity index is 2.57. The molecule has 1 unspecified atom stereocenters.